The maximum Gasteiger partial charge on any atom is 0.348 e. The Morgan fingerprint density at radius 3 is 2.67 bits per heavy atom. The van der Waals surface area contributed by atoms with Gasteiger partial charge in [-0.15, -0.1) is 0 Å². The summed E-state index contributed by atoms with van der Waals surface area (Å²) in [4.78, 5) is 36.5. The lowest BCUT2D eigenvalue weighted by Crippen LogP contribution is -2.36. The zero-order valence-electron chi connectivity index (χ0n) is 14.6. The van der Waals surface area contributed by atoms with Crippen LogP contribution in [-0.2, 0) is 30.4 Å². The van der Waals surface area contributed by atoms with Gasteiger partial charge in [0, 0.05) is 5.69 Å². The van der Waals surface area contributed by atoms with E-state index in [0.29, 0.717) is 11.4 Å². The van der Waals surface area contributed by atoms with E-state index in [1.165, 1.54) is 13.2 Å². The van der Waals surface area contributed by atoms with E-state index in [4.69, 9.17) is 13.9 Å². The van der Waals surface area contributed by atoms with E-state index in [0.717, 1.165) is 0 Å². The number of ketones is 1. The molecule has 2 aromatic rings. The number of hydrogen-bond donors (Lipinski definition) is 2. The first-order chi connectivity index (χ1) is 13.0. The van der Waals surface area contributed by atoms with Gasteiger partial charge in [-0.25, -0.2) is 4.79 Å². The Balaban J connectivity index is 1.62. The van der Waals surface area contributed by atoms with Crippen LogP contribution in [0.2, 0.25) is 0 Å². The minimum Gasteiger partial charge on any atom is -0.470 e. The van der Waals surface area contributed by atoms with E-state index in [9.17, 15) is 14.4 Å². The second-order valence-corrected chi connectivity index (χ2v) is 5.75. The average Bonchev–Trinajstić information content (AvgIpc) is 3.30. The van der Waals surface area contributed by atoms with Crippen molar-refractivity contribution in [3.05, 3.63) is 65.9 Å². The van der Waals surface area contributed by atoms with Crippen molar-refractivity contribution < 1.29 is 28.3 Å². The second kappa shape index (κ2) is 8.22. The lowest BCUT2D eigenvalue weighted by molar-refractivity contribution is -0.151. The third kappa shape index (κ3) is 4.55. The number of carbonyl (C=O) groups excluding carboxylic acids is 3. The molecule has 0 saturated carbocycles. The maximum atomic E-state index is 12.4. The summed E-state index contributed by atoms with van der Waals surface area (Å²) in [5.74, 6) is -1.36. The fraction of sp³-hybridized carbons (Fsp3) is 0.211. The Bertz CT molecular complexity index is 858. The number of amides is 1. The summed E-state index contributed by atoms with van der Waals surface area (Å²) in [6.45, 7) is 1.32. The molecule has 0 radical (unpaired) electrons. The van der Waals surface area contributed by atoms with Crippen LogP contribution in [0.25, 0.3) is 0 Å². The van der Waals surface area contributed by atoms with E-state index in [-0.39, 0.29) is 24.6 Å². The quantitative estimate of drug-likeness (QED) is 0.565. The number of ether oxygens (including phenoxy) is 2. The molecule has 0 aliphatic carbocycles. The van der Waals surface area contributed by atoms with Gasteiger partial charge >= 0.3 is 5.97 Å². The van der Waals surface area contributed by atoms with Gasteiger partial charge in [-0.1, -0.05) is 18.2 Å². The van der Waals surface area contributed by atoms with E-state index in [1.54, 1.807) is 36.4 Å². The van der Waals surface area contributed by atoms with Crippen LogP contribution in [0.1, 0.15) is 12.7 Å². The molecule has 0 fully saturated rings. The van der Waals surface area contributed by atoms with Gasteiger partial charge in [-0.2, -0.15) is 0 Å². The molecule has 27 heavy (non-hydrogen) atoms. The van der Waals surface area contributed by atoms with Crippen LogP contribution >= 0.6 is 0 Å². The predicted octanol–water partition coefficient (Wildman–Crippen LogP) is 1.75. The average molecular weight is 370 g/mol. The second-order valence-electron chi connectivity index (χ2n) is 5.75. The Morgan fingerprint density at radius 2 is 1.96 bits per heavy atom. The smallest absolute Gasteiger partial charge is 0.348 e. The largest absolute Gasteiger partial charge is 0.470 e. The molecule has 8 heteroatoms. The molecule has 1 aromatic carbocycles. The third-order valence-corrected chi connectivity index (χ3v) is 3.76. The van der Waals surface area contributed by atoms with Crippen LogP contribution in [0, 0.1) is 0 Å². The minimum atomic E-state index is -1.09. The van der Waals surface area contributed by atoms with Crippen LogP contribution in [0.3, 0.4) is 0 Å². The molecule has 0 unspecified atom stereocenters. The first kappa shape index (κ1) is 18.2. The van der Waals surface area contributed by atoms with Gasteiger partial charge in [0.1, 0.15) is 5.76 Å². The summed E-state index contributed by atoms with van der Waals surface area (Å²) in [6, 6.07) is 12.3. The minimum absolute atomic E-state index is 0.0133. The molecule has 1 aliphatic heterocycles. The number of anilines is 1. The number of Topliss-reactive ketones (excluding diaryl/α,β-unsaturated/α-hetero) is 1. The monoisotopic (exact) mass is 370 g/mol. The first-order valence-electron chi connectivity index (χ1n) is 8.28. The molecule has 1 aliphatic rings. The SMILES string of the molecule is C[C@H](OC(=O)C1=C(Nc2ccccc2)OCC1=O)C(=O)NCc1ccco1. The molecule has 0 saturated heterocycles. The van der Waals surface area contributed by atoms with Gasteiger partial charge in [-0.05, 0) is 31.2 Å². The van der Waals surface area contributed by atoms with Crippen molar-refractivity contribution in [1.82, 2.24) is 5.32 Å². The van der Waals surface area contributed by atoms with Gasteiger partial charge in [0.05, 0.1) is 12.8 Å². The molecular weight excluding hydrogens is 352 g/mol. The van der Waals surface area contributed by atoms with E-state index >= 15 is 0 Å². The van der Waals surface area contributed by atoms with Crippen LogP contribution in [0.5, 0.6) is 0 Å². The highest BCUT2D eigenvalue weighted by atomic mass is 16.6. The number of hydrogen-bond acceptors (Lipinski definition) is 7. The fourth-order valence-corrected chi connectivity index (χ4v) is 2.37. The zero-order chi connectivity index (χ0) is 19.2. The molecule has 2 heterocycles. The van der Waals surface area contributed by atoms with Crippen molar-refractivity contribution >= 4 is 23.3 Å². The number of rotatable bonds is 7. The molecule has 1 atom stereocenters. The number of benzene rings is 1. The van der Waals surface area contributed by atoms with E-state index in [1.807, 2.05) is 6.07 Å². The lowest BCUT2D eigenvalue weighted by atomic mass is 10.2. The fourth-order valence-electron chi connectivity index (χ4n) is 2.37. The molecule has 0 bridgehead atoms. The van der Waals surface area contributed by atoms with Crippen molar-refractivity contribution in [2.24, 2.45) is 0 Å². The molecule has 140 valence electrons. The normalized spacial score (nSPS) is 14.5. The summed E-state index contributed by atoms with van der Waals surface area (Å²) < 4.78 is 15.5. The Hall–Kier alpha value is -3.55. The number of furan rings is 1. The maximum absolute atomic E-state index is 12.4. The van der Waals surface area contributed by atoms with Crippen LogP contribution in [-0.4, -0.2) is 30.4 Å². The predicted molar refractivity (Wildman–Crippen MR) is 94.2 cm³/mol. The highest BCUT2D eigenvalue weighted by Crippen LogP contribution is 2.21. The highest BCUT2D eigenvalue weighted by Gasteiger charge is 2.34. The van der Waals surface area contributed by atoms with Crippen molar-refractivity contribution in [3.8, 4) is 0 Å². The summed E-state index contributed by atoms with van der Waals surface area (Å²) in [6.07, 6.45) is 0.399. The third-order valence-electron chi connectivity index (χ3n) is 3.76. The number of carbonyl (C=O) groups is 3. The van der Waals surface area contributed by atoms with Crippen molar-refractivity contribution in [1.29, 1.82) is 0 Å². The summed E-state index contributed by atoms with van der Waals surface area (Å²) in [7, 11) is 0. The molecule has 1 amide bonds. The van der Waals surface area contributed by atoms with Crippen molar-refractivity contribution in [2.75, 3.05) is 11.9 Å². The van der Waals surface area contributed by atoms with E-state index < -0.39 is 23.8 Å². The van der Waals surface area contributed by atoms with Crippen molar-refractivity contribution in [2.45, 2.75) is 19.6 Å². The number of para-hydroxylation sites is 1. The highest BCUT2D eigenvalue weighted by molar-refractivity contribution is 6.20. The van der Waals surface area contributed by atoms with Gasteiger partial charge in [0.2, 0.25) is 11.7 Å². The van der Waals surface area contributed by atoms with Crippen molar-refractivity contribution in [3.63, 3.8) is 0 Å². The van der Waals surface area contributed by atoms with Gasteiger partial charge < -0.3 is 24.5 Å². The van der Waals surface area contributed by atoms with Crippen LogP contribution < -0.4 is 10.6 Å². The standard InChI is InChI=1S/C19H18N2O6/c1-12(17(23)20-10-14-8-5-9-25-14)27-19(24)16-15(22)11-26-18(16)21-13-6-3-2-4-7-13/h2-9,12,21H,10-11H2,1H3,(H,20,23)/t12-/m0/s1. The first-order valence-corrected chi connectivity index (χ1v) is 8.28. The zero-order valence-corrected chi connectivity index (χ0v) is 14.6. The van der Waals surface area contributed by atoms with Crippen LogP contribution in [0.15, 0.2) is 64.6 Å². The lowest BCUT2D eigenvalue weighted by Gasteiger charge is -2.13. The summed E-state index contributed by atoms with van der Waals surface area (Å²) >= 11 is 0. The molecule has 0 spiro atoms. The Labute approximate surface area is 155 Å². The summed E-state index contributed by atoms with van der Waals surface area (Å²) in [5.41, 5.74) is 0.404. The Kier molecular flexibility index (Phi) is 5.55. The van der Waals surface area contributed by atoms with Gasteiger partial charge in [0.15, 0.2) is 18.3 Å². The van der Waals surface area contributed by atoms with Gasteiger partial charge in [0.25, 0.3) is 5.91 Å². The molecular formula is C19H18N2O6. The van der Waals surface area contributed by atoms with E-state index in [2.05, 4.69) is 10.6 Å². The Morgan fingerprint density at radius 1 is 1.19 bits per heavy atom. The van der Waals surface area contributed by atoms with Gasteiger partial charge in [-0.3, -0.25) is 9.59 Å². The molecule has 1 aromatic heterocycles. The summed E-state index contributed by atoms with van der Waals surface area (Å²) in [5, 5.41) is 5.46. The molecule has 3 rings (SSSR count). The number of nitrogens with one attached hydrogen (secondary N) is 2. The van der Waals surface area contributed by atoms with Crippen LogP contribution in [0.4, 0.5) is 5.69 Å². The topological polar surface area (TPSA) is 107 Å². The molecule has 8 nitrogen and oxygen atoms in total. The molecule has 2 N–H and O–H groups in total. The number of esters is 1.